The van der Waals surface area contributed by atoms with Crippen LogP contribution in [0.15, 0.2) is 146 Å². The van der Waals surface area contributed by atoms with Crippen LogP contribution in [-0.4, -0.2) is 25.7 Å². The highest BCUT2D eigenvalue weighted by Gasteiger charge is 2.18. The van der Waals surface area contributed by atoms with E-state index in [1.165, 1.54) is 27.6 Å². The predicted molar refractivity (Wildman–Crippen MR) is 202 cm³/mol. The molecule has 8 aromatic rings. The average Bonchev–Trinajstić information content (AvgIpc) is 3.80. The molecular weight excluding hydrogens is 633 g/mol. The first-order chi connectivity index (χ1) is 25.0. The van der Waals surface area contributed by atoms with Crippen LogP contribution in [0.3, 0.4) is 0 Å². The molecule has 0 saturated heterocycles. The molecular formula is C44H38N4O3. The molecule has 0 spiro atoms. The molecule has 51 heavy (non-hydrogen) atoms. The molecule has 0 radical (unpaired) electrons. The summed E-state index contributed by atoms with van der Waals surface area (Å²) in [6, 6.07) is 39.9. The van der Waals surface area contributed by atoms with Crippen molar-refractivity contribution in [3.63, 3.8) is 0 Å². The van der Waals surface area contributed by atoms with Gasteiger partial charge in [0.15, 0.2) is 5.78 Å². The summed E-state index contributed by atoms with van der Waals surface area (Å²) >= 11 is 0. The van der Waals surface area contributed by atoms with E-state index in [-0.39, 0.29) is 5.78 Å². The van der Waals surface area contributed by atoms with Crippen LogP contribution in [0.2, 0.25) is 0 Å². The molecule has 7 nitrogen and oxygen atoms in total. The molecule has 2 N–H and O–H groups in total. The Morgan fingerprint density at radius 2 is 1.12 bits per heavy atom. The van der Waals surface area contributed by atoms with E-state index >= 15 is 0 Å². The van der Waals surface area contributed by atoms with Crippen molar-refractivity contribution in [1.82, 2.24) is 19.9 Å². The summed E-state index contributed by atoms with van der Waals surface area (Å²) in [5, 5.41) is 2.00. The minimum Gasteiger partial charge on any atom is -0.489 e. The number of hydrogen-bond acceptors (Lipinski definition) is 5. The molecule has 7 heteroatoms. The lowest BCUT2D eigenvalue weighted by atomic mass is 9.98. The molecule has 0 unspecified atom stereocenters. The van der Waals surface area contributed by atoms with Crippen LogP contribution in [0.25, 0.3) is 22.1 Å². The first kappa shape index (κ1) is 33.0. The minimum atomic E-state index is -0.0353. The SMILES string of the molecule is Cc1c(Cc2c[nH]c3ncccc23)cccc1OCc1ccccc1.Cc1c(OCc2ccccc2)cccc1C(=O)c1c[nH]c2ncccc12. The maximum Gasteiger partial charge on any atom is 0.195 e. The average molecular weight is 671 g/mol. The fourth-order valence-electron chi connectivity index (χ4n) is 6.15. The molecule has 0 fully saturated rings. The molecule has 0 aliphatic heterocycles. The maximum atomic E-state index is 13.1. The lowest BCUT2D eigenvalue weighted by Crippen LogP contribution is -2.05. The Bertz CT molecular complexity index is 2400. The fourth-order valence-corrected chi connectivity index (χ4v) is 6.15. The van der Waals surface area contributed by atoms with Gasteiger partial charge in [-0.2, -0.15) is 0 Å². The van der Waals surface area contributed by atoms with Crippen molar-refractivity contribution in [2.75, 3.05) is 0 Å². The van der Waals surface area contributed by atoms with Crippen molar-refractivity contribution in [3.05, 3.63) is 191 Å². The van der Waals surface area contributed by atoms with E-state index in [1.54, 1.807) is 12.4 Å². The van der Waals surface area contributed by atoms with Crippen molar-refractivity contribution in [2.24, 2.45) is 0 Å². The van der Waals surface area contributed by atoms with Crippen molar-refractivity contribution < 1.29 is 14.3 Å². The number of nitrogens with zero attached hydrogens (tertiary/aromatic N) is 2. The second kappa shape index (κ2) is 15.4. The van der Waals surface area contributed by atoms with E-state index in [0.717, 1.165) is 40.1 Å². The molecule has 252 valence electrons. The van der Waals surface area contributed by atoms with E-state index in [4.69, 9.17) is 9.47 Å². The third-order valence-electron chi connectivity index (χ3n) is 9.01. The Balaban J connectivity index is 0.000000159. The Kier molecular flexibility index (Phi) is 9.97. The van der Waals surface area contributed by atoms with Gasteiger partial charge in [-0.25, -0.2) is 9.97 Å². The smallest absolute Gasteiger partial charge is 0.195 e. The van der Waals surface area contributed by atoms with Gasteiger partial charge < -0.3 is 19.4 Å². The van der Waals surface area contributed by atoms with Crippen molar-refractivity contribution in [3.8, 4) is 11.5 Å². The Morgan fingerprint density at radius 1 is 0.549 bits per heavy atom. The number of nitrogens with one attached hydrogen (secondary N) is 2. The van der Waals surface area contributed by atoms with Gasteiger partial charge in [0.1, 0.15) is 36.0 Å². The predicted octanol–water partition coefficient (Wildman–Crippen LogP) is 9.72. The summed E-state index contributed by atoms with van der Waals surface area (Å²) in [6.45, 7) is 5.10. The first-order valence-corrected chi connectivity index (χ1v) is 16.9. The van der Waals surface area contributed by atoms with Crippen LogP contribution >= 0.6 is 0 Å². The van der Waals surface area contributed by atoms with Gasteiger partial charge in [-0.15, -0.1) is 0 Å². The van der Waals surface area contributed by atoms with Crippen LogP contribution in [-0.2, 0) is 19.6 Å². The molecule has 0 aliphatic carbocycles. The van der Waals surface area contributed by atoms with Gasteiger partial charge in [0.25, 0.3) is 0 Å². The molecule has 0 saturated carbocycles. The molecule has 4 heterocycles. The van der Waals surface area contributed by atoms with E-state index in [1.807, 2.05) is 104 Å². The number of aromatic amines is 2. The molecule has 4 aromatic carbocycles. The van der Waals surface area contributed by atoms with E-state index in [9.17, 15) is 4.79 Å². The van der Waals surface area contributed by atoms with Crippen LogP contribution in [0.1, 0.15) is 49.3 Å². The summed E-state index contributed by atoms with van der Waals surface area (Å²) < 4.78 is 12.0. The number of pyridine rings is 2. The zero-order valence-electron chi connectivity index (χ0n) is 28.6. The highest BCUT2D eigenvalue weighted by molar-refractivity contribution is 6.16. The van der Waals surface area contributed by atoms with Crippen LogP contribution < -0.4 is 9.47 Å². The van der Waals surface area contributed by atoms with Crippen LogP contribution in [0, 0.1) is 13.8 Å². The Hall–Kier alpha value is -6.47. The number of carbonyl (C=O) groups excluding carboxylic acids is 1. The maximum absolute atomic E-state index is 13.1. The monoisotopic (exact) mass is 670 g/mol. The number of hydrogen-bond donors (Lipinski definition) is 2. The van der Waals surface area contributed by atoms with Crippen molar-refractivity contribution in [2.45, 2.75) is 33.5 Å². The Labute approximate surface area is 297 Å². The zero-order valence-corrected chi connectivity index (χ0v) is 28.6. The number of ketones is 1. The molecule has 0 atom stereocenters. The number of ether oxygens (including phenoxy) is 2. The number of rotatable bonds is 10. The third-order valence-corrected chi connectivity index (χ3v) is 9.01. The number of benzene rings is 4. The highest BCUT2D eigenvalue weighted by atomic mass is 16.5. The quantitative estimate of drug-likeness (QED) is 0.141. The first-order valence-electron chi connectivity index (χ1n) is 16.9. The summed E-state index contributed by atoms with van der Waals surface area (Å²) in [7, 11) is 0. The van der Waals surface area contributed by atoms with Gasteiger partial charge in [-0.1, -0.05) is 84.9 Å². The van der Waals surface area contributed by atoms with E-state index in [0.29, 0.717) is 30.0 Å². The number of carbonyl (C=O) groups is 1. The van der Waals surface area contributed by atoms with Crippen LogP contribution in [0.4, 0.5) is 0 Å². The van der Waals surface area contributed by atoms with Gasteiger partial charge in [-0.3, -0.25) is 4.79 Å². The number of fused-ring (bicyclic) bond motifs is 2. The summed E-state index contributed by atoms with van der Waals surface area (Å²) in [5.41, 5.74) is 9.74. The largest absolute Gasteiger partial charge is 0.489 e. The highest BCUT2D eigenvalue weighted by Crippen LogP contribution is 2.28. The third kappa shape index (κ3) is 7.58. The molecule has 0 amide bonds. The van der Waals surface area contributed by atoms with Gasteiger partial charge in [0.05, 0.1) is 0 Å². The lowest BCUT2D eigenvalue weighted by molar-refractivity contribution is 0.103. The van der Waals surface area contributed by atoms with Gasteiger partial charge >= 0.3 is 0 Å². The molecule has 8 rings (SSSR count). The van der Waals surface area contributed by atoms with Gasteiger partial charge in [-0.05, 0) is 84.5 Å². The van der Waals surface area contributed by atoms with E-state index in [2.05, 4.69) is 63.4 Å². The van der Waals surface area contributed by atoms with Gasteiger partial charge in [0, 0.05) is 52.3 Å². The molecule has 0 aliphatic rings. The van der Waals surface area contributed by atoms with Crippen molar-refractivity contribution >= 4 is 27.9 Å². The zero-order chi connectivity index (χ0) is 35.0. The summed E-state index contributed by atoms with van der Waals surface area (Å²) in [6.07, 6.45) is 8.15. The van der Waals surface area contributed by atoms with E-state index < -0.39 is 0 Å². The second-order valence-corrected chi connectivity index (χ2v) is 12.3. The number of aromatic nitrogens is 4. The lowest BCUT2D eigenvalue weighted by Gasteiger charge is -2.13. The fraction of sp³-hybridized carbons (Fsp3) is 0.114. The summed E-state index contributed by atoms with van der Waals surface area (Å²) in [4.78, 5) is 28.0. The number of H-pyrrole nitrogens is 2. The molecule has 0 bridgehead atoms. The topological polar surface area (TPSA) is 92.9 Å². The molecule has 4 aromatic heterocycles. The normalized spacial score (nSPS) is 10.9. The van der Waals surface area contributed by atoms with Crippen LogP contribution in [0.5, 0.6) is 11.5 Å². The van der Waals surface area contributed by atoms with Crippen molar-refractivity contribution in [1.29, 1.82) is 0 Å². The Morgan fingerprint density at radius 3 is 1.78 bits per heavy atom. The second-order valence-electron chi connectivity index (χ2n) is 12.3. The summed E-state index contributed by atoms with van der Waals surface area (Å²) in [5.74, 6) is 1.63. The standard InChI is InChI=1S/C22H18N2O2.C22H20N2O/c1-15-17(21(25)19-13-24-22-18(19)10-6-12-23-22)9-5-11-20(15)26-14-16-7-3-2-4-8-16;1-16-18(13-19-14-24-22-20(19)10-6-12-23-22)9-5-11-21(16)25-15-17-7-3-2-4-8-17/h2-13H,14H2,1H3,(H,23,24);2-12,14H,13,15H2,1H3,(H,23,24). The van der Waals surface area contributed by atoms with Gasteiger partial charge in [0.2, 0.25) is 0 Å². The minimum absolute atomic E-state index is 0.0353.